The molecule has 5 aromatic carbocycles. The van der Waals surface area contributed by atoms with Crippen molar-refractivity contribution in [2.24, 2.45) is 0 Å². The van der Waals surface area contributed by atoms with Crippen LogP contribution in [0.15, 0.2) is 103 Å². The molecule has 0 aliphatic carbocycles. The van der Waals surface area contributed by atoms with Crippen molar-refractivity contribution in [1.82, 2.24) is 4.57 Å². The fourth-order valence-electron chi connectivity index (χ4n) is 5.66. The molecule has 0 atom stereocenters. The number of carbonyl (C=O) groups is 3. The minimum atomic E-state index is -1.26. The maximum atomic E-state index is 14.1. The number of ether oxygens (including phenoxy) is 2. The molecule has 0 spiro atoms. The molecule has 0 bridgehead atoms. The second-order valence-corrected chi connectivity index (χ2v) is 13.5. The number of aromatic carboxylic acids is 1. The number of rotatable bonds is 13. The molecule has 0 saturated heterocycles. The molecular weight excluding hydrogens is 789 g/mol. The summed E-state index contributed by atoms with van der Waals surface area (Å²) in [5, 5.41) is 20.0. The number of aromatic hydroxyl groups is 1. The molecule has 14 heteroatoms. The standard InChI is InChI=1S/C25H18ClF2NO4.C18H15ClF2O3/c1-14-5-8-22(29(14)16-7-9-23(30)18(12-16)25(31)32)17-11-15(26)6-10-24(17)33-13-19-20(27)3-2-4-21(19)28;1-11(22)5-7-17(23)13-9-12(19)6-8-18(13)24-10-14-15(20)3-2-4-16(14)21/h2-12,30H,13H2,1H3,(H,31,32);2-4,6,8-9H,5,7,10H2,1H3. The molecule has 57 heavy (non-hydrogen) atoms. The van der Waals surface area contributed by atoms with Gasteiger partial charge in [-0.15, -0.1) is 0 Å². The van der Waals surface area contributed by atoms with E-state index in [1.54, 1.807) is 34.9 Å². The maximum absolute atomic E-state index is 14.1. The summed E-state index contributed by atoms with van der Waals surface area (Å²) in [6, 6.07) is 24.2. The van der Waals surface area contributed by atoms with Gasteiger partial charge in [-0.2, -0.15) is 0 Å². The molecule has 8 nitrogen and oxygen atoms in total. The van der Waals surface area contributed by atoms with Gasteiger partial charge in [-0.3, -0.25) is 4.79 Å². The number of carboxylic acid groups (broad SMARTS) is 1. The van der Waals surface area contributed by atoms with E-state index in [4.69, 9.17) is 32.7 Å². The second kappa shape index (κ2) is 18.7. The van der Waals surface area contributed by atoms with Crippen LogP contribution in [-0.2, 0) is 18.0 Å². The van der Waals surface area contributed by atoms with Gasteiger partial charge in [0.05, 0.1) is 22.4 Å². The van der Waals surface area contributed by atoms with Crippen LogP contribution in [0.1, 0.15) is 57.3 Å². The molecule has 1 aromatic heterocycles. The topological polar surface area (TPSA) is 115 Å². The second-order valence-electron chi connectivity index (χ2n) is 12.6. The van der Waals surface area contributed by atoms with Crippen LogP contribution in [0.25, 0.3) is 16.9 Å². The minimum Gasteiger partial charge on any atom is -0.507 e. The SMILES string of the molecule is CC(=O)CCC(=O)c1cc(Cl)ccc1OCc1c(F)cccc1F.Cc1ccc(-c2cc(Cl)ccc2OCc2c(F)cccc2F)n1-c1ccc(O)c(C(=O)O)c1. The number of hydrogen-bond acceptors (Lipinski definition) is 6. The van der Waals surface area contributed by atoms with Gasteiger partial charge in [0.1, 0.15) is 65.1 Å². The predicted octanol–water partition coefficient (Wildman–Crippen LogP) is 11.1. The monoisotopic (exact) mass is 821 g/mol. The summed E-state index contributed by atoms with van der Waals surface area (Å²) in [4.78, 5) is 34.7. The summed E-state index contributed by atoms with van der Waals surface area (Å²) in [6.07, 6.45) is 0.118. The number of phenols is 1. The normalized spacial score (nSPS) is 10.7. The summed E-state index contributed by atoms with van der Waals surface area (Å²) in [6.45, 7) is 2.52. The Hall–Kier alpha value is -6.11. The van der Waals surface area contributed by atoms with Crippen LogP contribution in [0.5, 0.6) is 17.2 Å². The third-order valence-corrected chi connectivity index (χ3v) is 9.05. The van der Waals surface area contributed by atoms with Crippen LogP contribution in [-0.4, -0.2) is 32.3 Å². The van der Waals surface area contributed by atoms with Crippen LogP contribution in [0, 0.1) is 30.2 Å². The van der Waals surface area contributed by atoms with Gasteiger partial charge in [0.15, 0.2) is 5.78 Å². The first kappa shape index (κ1) is 42.0. The molecule has 0 fully saturated rings. The molecule has 6 rings (SSSR count). The van der Waals surface area contributed by atoms with Crippen molar-refractivity contribution in [3.63, 3.8) is 0 Å². The zero-order valence-corrected chi connectivity index (χ0v) is 31.8. The van der Waals surface area contributed by atoms with E-state index in [9.17, 15) is 42.2 Å². The van der Waals surface area contributed by atoms with E-state index in [-0.39, 0.29) is 71.4 Å². The van der Waals surface area contributed by atoms with Gasteiger partial charge >= 0.3 is 5.97 Å². The third-order valence-electron chi connectivity index (χ3n) is 8.58. The van der Waals surface area contributed by atoms with Crippen molar-refractivity contribution in [3.05, 3.63) is 164 Å². The smallest absolute Gasteiger partial charge is 0.339 e. The first-order valence-electron chi connectivity index (χ1n) is 17.1. The molecule has 0 unspecified atom stereocenters. The molecule has 0 radical (unpaired) electrons. The molecular formula is C43H33Cl2F4NO7. The molecule has 0 amide bonds. The van der Waals surface area contributed by atoms with Crippen molar-refractivity contribution in [2.45, 2.75) is 39.9 Å². The number of aromatic nitrogens is 1. The highest BCUT2D eigenvalue weighted by molar-refractivity contribution is 6.31. The Bertz CT molecular complexity index is 2430. The van der Waals surface area contributed by atoms with E-state index in [1.165, 1.54) is 49.4 Å². The van der Waals surface area contributed by atoms with Crippen molar-refractivity contribution in [2.75, 3.05) is 0 Å². The lowest BCUT2D eigenvalue weighted by Gasteiger charge is -2.17. The van der Waals surface area contributed by atoms with Gasteiger partial charge < -0.3 is 29.0 Å². The molecule has 294 valence electrons. The highest BCUT2D eigenvalue weighted by atomic mass is 35.5. The van der Waals surface area contributed by atoms with Crippen LogP contribution >= 0.6 is 23.2 Å². The average Bonchev–Trinajstić information content (AvgIpc) is 3.55. The van der Waals surface area contributed by atoms with Gasteiger partial charge in [-0.05, 0) is 105 Å². The Kier molecular flexibility index (Phi) is 13.8. The quantitative estimate of drug-likeness (QED) is 0.0880. The largest absolute Gasteiger partial charge is 0.507 e. The Morgan fingerprint density at radius 2 is 1.21 bits per heavy atom. The van der Waals surface area contributed by atoms with Gasteiger partial charge in [0.25, 0.3) is 0 Å². The Labute approximate surface area is 334 Å². The summed E-state index contributed by atoms with van der Waals surface area (Å²) in [7, 11) is 0. The van der Waals surface area contributed by atoms with Crippen LogP contribution < -0.4 is 9.47 Å². The fourth-order valence-corrected chi connectivity index (χ4v) is 6.01. The first-order valence-corrected chi connectivity index (χ1v) is 17.9. The molecule has 0 aliphatic rings. The average molecular weight is 823 g/mol. The minimum absolute atomic E-state index is 0.0140. The molecule has 0 aliphatic heterocycles. The van der Waals surface area contributed by atoms with Gasteiger partial charge in [0, 0.05) is 39.8 Å². The third kappa shape index (κ3) is 10.4. The van der Waals surface area contributed by atoms with E-state index in [0.717, 1.165) is 30.0 Å². The van der Waals surface area contributed by atoms with Crippen molar-refractivity contribution in [3.8, 4) is 34.2 Å². The van der Waals surface area contributed by atoms with Gasteiger partial charge in [-0.1, -0.05) is 35.3 Å². The lowest BCUT2D eigenvalue weighted by atomic mass is 10.0. The summed E-state index contributed by atoms with van der Waals surface area (Å²) in [5.74, 6) is -4.44. The summed E-state index contributed by atoms with van der Waals surface area (Å²) < 4.78 is 68.4. The van der Waals surface area contributed by atoms with E-state index >= 15 is 0 Å². The lowest BCUT2D eigenvalue weighted by Crippen LogP contribution is -2.07. The highest BCUT2D eigenvalue weighted by Gasteiger charge is 2.20. The zero-order valence-electron chi connectivity index (χ0n) is 30.3. The Balaban J connectivity index is 0.000000230. The lowest BCUT2D eigenvalue weighted by molar-refractivity contribution is -0.117. The Morgan fingerprint density at radius 1 is 0.667 bits per heavy atom. The number of nitrogens with zero attached hydrogens (tertiary/aromatic N) is 1. The zero-order chi connectivity index (χ0) is 41.4. The number of halogens is 6. The molecule has 1 heterocycles. The highest BCUT2D eigenvalue weighted by Crippen LogP contribution is 2.37. The van der Waals surface area contributed by atoms with Crippen LogP contribution in [0.3, 0.4) is 0 Å². The fraction of sp³-hybridized carbons (Fsp3) is 0.140. The number of hydrogen-bond donors (Lipinski definition) is 2. The number of Topliss-reactive ketones (excluding diaryl/α,β-unsaturated/α-hetero) is 2. The van der Waals surface area contributed by atoms with E-state index in [1.807, 2.05) is 13.0 Å². The number of benzene rings is 5. The van der Waals surface area contributed by atoms with Crippen LogP contribution in [0.4, 0.5) is 17.6 Å². The van der Waals surface area contributed by atoms with Crippen molar-refractivity contribution >= 4 is 40.7 Å². The van der Waals surface area contributed by atoms with E-state index in [0.29, 0.717) is 32.7 Å². The maximum Gasteiger partial charge on any atom is 0.339 e. The molecule has 6 aromatic rings. The summed E-state index contributed by atoms with van der Waals surface area (Å²) >= 11 is 12.1. The van der Waals surface area contributed by atoms with Gasteiger partial charge in [-0.25, -0.2) is 22.4 Å². The number of carbonyl (C=O) groups excluding carboxylic acids is 2. The van der Waals surface area contributed by atoms with Crippen molar-refractivity contribution in [1.29, 1.82) is 0 Å². The van der Waals surface area contributed by atoms with E-state index in [2.05, 4.69) is 0 Å². The van der Waals surface area contributed by atoms with Crippen molar-refractivity contribution < 1.29 is 51.6 Å². The summed E-state index contributed by atoms with van der Waals surface area (Å²) in [5.41, 5.74) is 1.93. The number of ketones is 2. The Morgan fingerprint density at radius 3 is 1.77 bits per heavy atom. The predicted molar refractivity (Wildman–Crippen MR) is 207 cm³/mol. The van der Waals surface area contributed by atoms with E-state index < -0.39 is 29.2 Å². The molecule has 2 N–H and O–H groups in total. The number of aryl methyl sites for hydroxylation is 1. The molecule has 0 saturated carbocycles. The first-order chi connectivity index (χ1) is 27.1. The van der Waals surface area contributed by atoms with Gasteiger partial charge in [0.2, 0.25) is 0 Å². The number of carboxylic acids is 1. The van der Waals surface area contributed by atoms with Crippen LogP contribution in [0.2, 0.25) is 10.0 Å².